The average molecular weight is 138 g/mol. The van der Waals surface area contributed by atoms with E-state index in [-0.39, 0.29) is 0 Å². The summed E-state index contributed by atoms with van der Waals surface area (Å²) in [6.07, 6.45) is 0. The normalized spacial score (nSPS) is 28.3. The van der Waals surface area contributed by atoms with Gasteiger partial charge in [0.1, 0.15) is 0 Å². The molecule has 0 spiro atoms. The Morgan fingerprint density at radius 3 is 2.86 bits per heavy atom. The molecule has 1 heterocycles. The van der Waals surface area contributed by atoms with Gasteiger partial charge in [0.05, 0.1) is 0 Å². The van der Waals surface area contributed by atoms with E-state index in [2.05, 4.69) is 10.3 Å². The van der Waals surface area contributed by atoms with Crippen molar-refractivity contribution < 1.29 is 4.52 Å². The molecule has 0 radical (unpaired) electrons. The first-order valence-electron chi connectivity index (χ1n) is 1.73. The van der Waals surface area contributed by atoms with Crippen molar-refractivity contribution in [3.63, 3.8) is 0 Å². The molecular weight excluding hydrogens is 134 g/mol. The molecule has 0 aliphatic carbocycles. The molecule has 1 unspecified atom stereocenters. The fourth-order valence-corrected chi connectivity index (χ4v) is 1.21. The Kier molecular flexibility index (Phi) is 1.35. The number of nitrogens with zero attached hydrogens (tertiary/aromatic N) is 1. The lowest BCUT2D eigenvalue weighted by molar-refractivity contribution is 0.637. The van der Waals surface area contributed by atoms with Gasteiger partial charge in [-0.2, -0.15) is 0 Å². The third kappa shape index (κ3) is 1.18. The Morgan fingerprint density at radius 2 is 2.71 bits per heavy atom. The van der Waals surface area contributed by atoms with Crippen molar-refractivity contribution in [3.8, 4) is 0 Å². The highest BCUT2D eigenvalue weighted by Crippen LogP contribution is 2.40. The Hall–Kier alpha value is -0.0100. The van der Waals surface area contributed by atoms with Crippen molar-refractivity contribution in [2.75, 3.05) is 0 Å². The van der Waals surface area contributed by atoms with Gasteiger partial charge < -0.3 is 4.52 Å². The van der Waals surface area contributed by atoms with Gasteiger partial charge in [-0.15, -0.1) is 5.10 Å². The first kappa shape index (κ1) is 5.13. The molecule has 1 aliphatic rings. The summed E-state index contributed by atoms with van der Waals surface area (Å²) in [4.78, 5) is 0. The van der Waals surface area contributed by atoms with Crippen LogP contribution in [0, 0.1) is 0 Å². The van der Waals surface area contributed by atoms with Crippen LogP contribution in [0.5, 0.6) is 0 Å². The van der Waals surface area contributed by atoms with Gasteiger partial charge in [0.25, 0.3) is 0 Å². The molecule has 1 N–H and O–H groups in total. The molecule has 0 amide bonds. The summed E-state index contributed by atoms with van der Waals surface area (Å²) in [6, 6.07) is 0. The van der Waals surface area contributed by atoms with Gasteiger partial charge in [0.15, 0.2) is 0 Å². The quantitative estimate of drug-likeness (QED) is 0.514. The van der Waals surface area contributed by atoms with Gasteiger partial charge in [0, 0.05) is 6.92 Å². The van der Waals surface area contributed by atoms with E-state index in [0.29, 0.717) is 5.90 Å². The number of hydrogen-bond donors (Lipinski definition) is 1. The van der Waals surface area contributed by atoms with Crippen molar-refractivity contribution in [1.82, 2.24) is 5.20 Å². The smallest absolute Gasteiger partial charge is 0.311 e. The van der Waals surface area contributed by atoms with Crippen LogP contribution in [-0.2, 0) is 4.52 Å². The molecule has 5 heteroatoms. The number of rotatable bonds is 0. The molecule has 0 fully saturated rings. The average Bonchev–Trinajstić information content (AvgIpc) is 1.87. The zero-order chi connectivity index (χ0) is 5.28. The van der Waals surface area contributed by atoms with Crippen molar-refractivity contribution in [2.24, 2.45) is 5.10 Å². The van der Waals surface area contributed by atoms with Crippen LogP contribution in [0.2, 0.25) is 0 Å². The minimum absolute atomic E-state index is 0.612. The highest BCUT2D eigenvalue weighted by Gasteiger charge is 2.11. The molecule has 0 aromatic rings. The molecule has 0 saturated carbocycles. The van der Waals surface area contributed by atoms with Crippen LogP contribution < -0.4 is 5.20 Å². The minimum Gasteiger partial charge on any atom is -0.424 e. The van der Waals surface area contributed by atoms with Gasteiger partial charge in [-0.05, 0) is 11.2 Å². The van der Waals surface area contributed by atoms with Crippen molar-refractivity contribution in [2.45, 2.75) is 6.92 Å². The summed E-state index contributed by atoms with van der Waals surface area (Å²) in [7, 11) is -0.986. The monoisotopic (exact) mass is 138 g/mol. The fraction of sp³-hybridized carbons (Fsp3) is 0.500. The van der Waals surface area contributed by atoms with Crippen LogP contribution in [0.1, 0.15) is 6.92 Å². The van der Waals surface area contributed by atoms with Crippen molar-refractivity contribution >= 4 is 24.8 Å². The SMILES string of the molecule is CC1=NNP(Cl)O1. The van der Waals surface area contributed by atoms with Crippen molar-refractivity contribution in [3.05, 3.63) is 0 Å². The van der Waals surface area contributed by atoms with Crippen LogP contribution in [0.3, 0.4) is 0 Å². The Morgan fingerprint density at radius 1 is 2.00 bits per heavy atom. The lowest BCUT2D eigenvalue weighted by Crippen LogP contribution is -1.82. The summed E-state index contributed by atoms with van der Waals surface area (Å²) in [5.41, 5.74) is 0. The highest BCUT2D eigenvalue weighted by molar-refractivity contribution is 7.78. The van der Waals surface area contributed by atoms with E-state index in [4.69, 9.17) is 15.8 Å². The van der Waals surface area contributed by atoms with Gasteiger partial charge in [-0.3, -0.25) is 0 Å². The maximum Gasteiger partial charge on any atom is 0.311 e. The summed E-state index contributed by atoms with van der Waals surface area (Å²) in [6.45, 7) is 1.75. The van der Waals surface area contributed by atoms with Crippen LogP contribution in [-0.4, -0.2) is 5.90 Å². The summed E-state index contributed by atoms with van der Waals surface area (Å²) >= 11 is 5.42. The van der Waals surface area contributed by atoms with E-state index in [1.54, 1.807) is 6.92 Å². The second-order valence-corrected chi connectivity index (χ2v) is 2.86. The minimum atomic E-state index is -0.986. The Labute approximate surface area is 47.4 Å². The molecule has 0 aromatic carbocycles. The molecule has 0 bridgehead atoms. The molecule has 3 nitrogen and oxygen atoms in total. The molecule has 1 aliphatic heterocycles. The maximum absolute atomic E-state index is 5.42. The second kappa shape index (κ2) is 1.85. The van der Waals surface area contributed by atoms with E-state index in [9.17, 15) is 0 Å². The molecule has 1 rings (SSSR count). The lowest BCUT2D eigenvalue weighted by atomic mass is 10.8. The van der Waals surface area contributed by atoms with Crippen LogP contribution >= 0.6 is 18.9 Å². The van der Waals surface area contributed by atoms with Crippen LogP contribution in [0.15, 0.2) is 5.10 Å². The van der Waals surface area contributed by atoms with Crippen LogP contribution in [0.4, 0.5) is 0 Å². The summed E-state index contributed by atoms with van der Waals surface area (Å²) in [5.74, 6) is 0.612. The largest absolute Gasteiger partial charge is 0.424 e. The van der Waals surface area contributed by atoms with E-state index in [1.807, 2.05) is 0 Å². The third-order valence-corrected chi connectivity index (χ3v) is 1.61. The number of halogens is 1. The number of nitrogens with one attached hydrogen (secondary N) is 1. The Bertz CT molecular complexity index is 106. The summed E-state index contributed by atoms with van der Waals surface area (Å²) < 4.78 is 4.83. The number of hydrazone groups is 1. The fourth-order valence-electron chi connectivity index (χ4n) is 0.267. The molecule has 40 valence electrons. The topological polar surface area (TPSA) is 33.6 Å². The molecule has 0 saturated heterocycles. The van der Waals surface area contributed by atoms with E-state index < -0.39 is 7.65 Å². The third-order valence-electron chi connectivity index (χ3n) is 0.498. The standard InChI is InChI=1S/C2H4ClN2OP/c1-2-4-5-7(3)6-2/h5H,1H3. The van der Waals surface area contributed by atoms with Crippen molar-refractivity contribution in [1.29, 1.82) is 0 Å². The summed E-state index contributed by atoms with van der Waals surface area (Å²) in [5, 5.41) is 6.22. The first-order chi connectivity index (χ1) is 3.29. The lowest BCUT2D eigenvalue weighted by Gasteiger charge is -1.93. The van der Waals surface area contributed by atoms with E-state index in [1.165, 1.54) is 0 Å². The van der Waals surface area contributed by atoms with Gasteiger partial charge in [-0.25, -0.2) is 5.20 Å². The number of hydrogen-bond acceptors (Lipinski definition) is 3. The van der Waals surface area contributed by atoms with E-state index in [0.717, 1.165) is 0 Å². The predicted molar refractivity (Wildman–Crippen MR) is 30.1 cm³/mol. The maximum atomic E-state index is 5.42. The molecule has 1 atom stereocenters. The Balaban J connectivity index is 2.42. The molecular formula is C2H4ClN2OP. The highest BCUT2D eigenvalue weighted by atomic mass is 35.7. The predicted octanol–water partition coefficient (Wildman–Crippen LogP) is 1.41. The van der Waals surface area contributed by atoms with E-state index >= 15 is 0 Å². The second-order valence-electron chi connectivity index (χ2n) is 1.07. The first-order valence-corrected chi connectivity index (χ1v) is 3.89. The molecule has 0 aromatic heterocycles. The zero-order valence-corrected chi connectivity index (χ0v) is 5.33. The van der Waals surface area contributed by atoms with Crippen LogP contribution in [0.25, 0.3) is 0 Å². The van der Waals surface area contributed by atoms with Gasteiger partial charge in [0.2, 0.25) is 5.90 Å². The van der Waals surface area contributed by atoms with Gasteiger partial charge >= 0.3 is 7.65 Å². The molecule has 7 heavy (non-hydrogen) atoms. The zero-order valence-electron chi connectivity index (χ0n) is 3.68. The van der Waals surface area contributed by atoms with Gasteiger partial charge in [-0.1, -0.05) is 0 Å².